The third kappa shape index (κ3) is 5.59. The number of carbonyl (C=O) groups excluding carboxylic acids is 2. The van der Waals surface area contributed by atoms with E-state index in [1.165, 1.54) is 16.8 Å². The van der Waals surface area contributed by atoms with Crippen LogP contribution in [0.25, 0.3) is 0 Å². The van der Waals surface area contributed by atoms with E-state index in [9.17, 15) is 9.59 Å². The van der Waals surface area contributed by atoms with Gasteiger partial charge in [0.1, 0.15) is 0 Å². The normalized spacial score (nSPS) is 17.7. The van der Waals surface area contributed by atoms with Gasteiger partial charge in [-0.15, -0.1) is 0 Å². The van der Waals surface area contributed by atoms with E-state index in [-0.39, 0.29) is 6.04 Å². The molecule has 2 aromatic carbocycles. The maximum absolute atomic E-state index is 12.7. The Kier molecular flexibility index (Phi) is 7.85. The number of fused-ring (bicyclic) bond motifs is 1. The van der Waals surface area contributed by atoms with Crippen LogP contribution in [0.2, 0.25) is 0 Å². The molecule has 0 radical (unpaired) electrons. The average Bonchev–Trinajstić information content (AvgIpc) is 2.85. The molecule has 1 atom stereocenters. The second kappa shape index (κ2) is 11.0. The first-order valence-electron chi connectivity index (χ1n) is 12.4. The minimum absolute atomic E-state index is 0.0333. The summed E-state index contributed by atoms with van der Waals surface area (Å²) in [4.78, 5) is 32.4. The lowest BCUT2D eigenvalue weighted by Crippen LogP contribution is -2.49. The number of aryl methyl sites for hydroxylation is 2. The van der Waals surface area contributed by atoms with Gasteiger partial charge in [0.15, 0.2) is 0 Å². The highest BCUT2D eigenvalue weighted by molar-refractivity contribution is 6.39. The summed E-state index contributed by atoms with van der Waals surface area (Å²) in [6.45, 7) is 7.37. The average molecular weight is 464 g/mol. The van der Waals surface area contributed by atoms with E-state index in [1.54, 1.807) is 0 Å². The fourth-order valence-electron chi connectivity index (χ4n) is 5.00. The number of nitrogens with zero attached hydrogens (tertiary/aromatic N) is 3. The number of hydrogen-bond acceptors (Lipinski definition) is 5. The van der Waals surface area contributed by atoms with Crippen LogP contribution >= 0.6 is 0 Å². The van der Waals surface area contributed by atoms with Crippen molar-refractivity contribution in [1.29, 1.82) is 0 Å². The van der Waals surface area contributed by atoms with Crippen LogP contribution in [0.5, 0.6) is 0 Å². The number of benzene rings is 2. The predicted octanol–water partition coefficient (Wildman–Crippen LogP) is 2.67. The van der Waals surface area contributed by atoms with Gasteiger partial charge in [0.25, 0.3) is 0 Å². The highest BCUT2D eigenvalue weighted by Crippen LogP contribution is 2.31. The summed E-state index contributed by atoms with van der Waals surface area (Å²) in [7, 11) is 4.28. The second-order valence-electron chi connectivity index (χ2n) is 9.44. The maximum atomic E-state index is 12.7. The molecule has 2 amide bonds. The number of rotatable bonds is 6. The molecule has 2 aromatic rings. The van der Waals surface area contributed by atoms with Crippen molar-refractivity contribution in [3.8, 4) is 0 Å². The van der Waals surface area contributed by atoms with Gasteiger partial charge in [0.2, 0.25) is 0 Å². The van der Waals surface area contributed by atoms with E-state index in [0.717, 1.165) is 57.5 Å². The standard InChI is InChI=1S/C27H37N5O2/c1-4-20-8-5-6-10-23(20)29-27(34)26(33)28-19-25(32-16-14-30(2)15-17-32)22-11-12-24-21(18-22)9-7-13-31(24)3/h5-6,8,10-12,18,25H,4,7,9,13-17,19H2,1-3H3,(H,28,33)(H,29,34)/t25-/m0/s1. The molecule has 2 heterocycles. The number of carbonyl (C=O) groups is 2. The van der Waals surface area contributed by atoms with Crippen molar-refractivity contribution in [1.82, 2.24) is 15.1 Å². The van der Waals surface area contributed by atoms with Crippen LogP contribution in [0.4, 0.5) is 11.4 Å². The number of anilines is 2. The number of piperazine rings is 1. The Morgan fingerprint density at radius 2 is 1.74 bits per heavy atom. The summed E-state index contributed by atoms with van der Waals surface area (Å²) in [6.07, 6.45) is 3.02. The van der Waals surface area contributed by atoms with Crippen LogP contribution in [-0.2, 0) is 22.4 Å². The first kappa shape index (κ1) is 24.2. The second-order valence-corrected chi connectivity index (χ2v) is 9.44. The van der Waals surface area contributed by atoms with Crippen LogP contribution in [0, 0.1) is 0 Å². The Balaban J connectivity index is 1.47. The number of para-hydroxylation sites is 1. The van der Waals surface area contributed by atoms with Gasteiger partial charge in [0, 0.05) is 57.7 Å². The first-order valence-corrected chi connectivity index (χ1v) is 12.4. The molecule has 34 heavy (non-hydrogen) atoms. The Hall–Kier alpha value is -2.90. The molecule has 0 aliphatic carbocycles. The zero-order valence-corrected chi connectivity index (χ0v) is 20.6. The molecule has 0 spiro atoms. The zero-order valence-electron chi connectivity index (χ0n) is 20.6. The lowest BCUT2D eigenvalue weighted by atomic mass is 9.95. The molecule has 2 N–H and O–H groups in total. The van der Waals surface area contributed by atoms with Crippen LogP contribution in [0.3, 0.4) is 0 Å². The lowest BCUT2D eigenvalue weighted by molar-refractivity contribution is -0.136. The zero-order chi connectivity index (χ0) is 24.1. The minimum Gasteiger partial charge on any atom is -0.374 e. The minimum atomic E-state index is -0.620. The highest BCUT2D eigenvalue weighted by atomic mass is 16.2. The van der Waals surface area contributed by atoms with Gasteiger partial charge in [-0.3, -0.25) is 14.5 Å². The number of nitrogens with one attached hydrogen (secondary N) is 2. The summed E-state index contributed by atoms with van der Waals surface area (Å²) in [5.41, 5.74) is 5.57. The third-order valence-corrected chi connectivity index (χ3v) is 7.13. The molecule has 1 saturated heterocycles. The van der Waals surface area contributed by atoms with Crippen molar-refractivity contribution in [2.75, 3.05) is 63.6 Å². The maximum Gasteiger partial charge on any atom is 0.313 e. The fourth-order valence-corrected chi connectivity index (χ4v) is 5.00. The van der Waals surface area contributed by atoms with Gasteiger partial charge in [-0.2, -0.15) is 0 Å². The smallest absolute Gasteiger partial charge is 0.313 e. The van der Waals surface area contributed by atoms with Gasteiger partial charge in [-0.25, -0.2) is 0 Å². The molecule has 1 fully saturated rings. The lowest BCUT2D eigenvalue weighted by Gasteiger charge is -2.39. The Morgan fingerprint density at radius 1 is 0.971 bits per heavy atom. The Bertz CT molecular complexity index is 1020. The number of hydrogen-bond donors (Lipinski definition) is 2. The largest absolute Gasteiger partial charge is 0.374 e. The van der Waals surface area contributed by atoms with Crippen molar-refractivity contribution in [2.45, 2.75) is 32.2 Å². The first-order chi connectivity index (χ1) is 16.5. The van der Waals surface area contributed by atoms with Gasteiger partial charge < -0.3 is 20.4 Å². The fraction of sp³-hybridized carbons (Fsp3) is 0.481. The summed E-state index contributed by atoms with van der Waals surface area (Å²) in [6, 6.07) is 14.3. The summed E-state index contributed by atoms with van der Waals surface area (Å²) in [5, 5.41) is 5.70. The Morgan fingerprint density at radius 3 is 2.50 bits per heavy atom. The molecule has 4 rings (SSSR count). The van der Waals surface area contributed by atoms with Crippen molar-refractivity contribution >= 4 is 23.2 Å². The Labute approximate surface area is 203 Å². The van der Waals surface area contributed by atoms with E-state index >= 15 is 0 Å². The third-order valence-electron chi connectivity index (χ3n) is 7.13. The summed E-state index contributed by atoms with van der Waals surface area (Å²) in [5.74, 6) is -1.21. The molecular weight excluding hydrogens is 426 g/mol. The van der Waals surface area contributed by atoms with Crippen molar-refractivity contribution in [3.63, 3.8) is 0 Å². The van der Waals surface area contributed by atoms with E-state index in [0.29, 0.717) is 12.2 Å². The van der Waals surface area contributed by atoms with Crippen LogP contribution < -0.4 is 15.5 Å². The molecule has 2 aliphatic heterocycles. The van der Waals surface area contributed by atoms with Crippen LogP contribution in [0.1, 0.15) is 36.1 Å². The molecule has 182 valence electrons. The number of likely N-dealkylation sites (N-methyl/N-ethyl adjacent to an activating group) is 1. The van der Waals surface area contributed by atoms with Gasteiger partial charge >= 0.3 is 11.8 Å². The van der Waals surface area contributed by atoms with Gasteiger partial charge in [-0.1, -0.05) is 37.3 Å². The SMILES string of the molecule is CCc1ccccc1NC(=O)C(=O)NC[C@@H](c1ccc2c(c1)CCCN2C)N1CCN(C)CC1. The van der Waals surface area contributed by atoms with Gasteiger partial charge in [0.05, 0.1) is 6.04 Å². The van der Waals surface area contributed by atoms with E-state index in [4.69, 9.17) is 0 Å². The summed E-state index contributed by atoms with van der Waals surface area (Å²) < 4.78 is 0. The molecule has 0 aromatic heterocycles. The van der Waals surface area contributed by atoms with Crippen molar-refractivity contribution < 1.29 is 9.59 Å². The molecular formula is C27H37N5O2. The molecule has 7 nitrogen and oxygen atoms in total. The molecule has 2 aliphatic rings. The monoisotopic (exact) mass is 463 g/mol. The van der Waals surface area contributed by atoms with Crippen LogP contribution in [0.15, 0.2) is 42.5 Å². The molecule has 0 bridgehead atoms. The molecule has 0 unspecified atom stereocenters. The van der Waals surface area contributed by atoms with Crippen LogP contribution in [-0.4, -0.2) is 75.0 Å². The van der Waals surface area contributed by atoms with E-state index in [2.05, 4.69) is 57.6 Å². The highest BCUT2D eigenvalue weighted by Gasteiger charge is 2.27. The van der Waals surface area contributed by atoms with Crippen molar-refractivity contribution in [2.24, 2.45) is 0 Å². The number of amides is 2. The topological polar surface area (TPSA) is 67.9 Å². The predicted molar refractivity (Wildman–Crippen MR) is 137 cm³/mol. The summed E-state index contributed by atoms with van der Waals surface area (Å²) >= 11 is 0. The molecule has 0 saturated carbocycles. The van der Waals surface area contributed by atoms with Crippen molar-refractivity contribution in [3.05, 3.63) is 59.2 Å². The van der Waals surface area contributed by atoms with E-state index in [1.807, 2.05) is 31.2 Å². The van der Waals surface area contributed by atoms with Gasteiger partial charge in [-0.05, 0) is 55.1 Å². The van der Waals surface area contributed by atoms with E-state index < -0.39 is 11.8 Å². The quantitative estimate of drug-likeness (QED) is 0.645. The molecule has 7 heteroatoms.